The third kappa shape index (κ3) is 6.01. The third-order valence-electron chi connectivity index (χ3n) is 5.32. The van der Waals surface area contributed by atoms with Crippen LogP contribution in [-0.2, 0) is 11.3 Å². The molecule has 26 heavy (non-hydrogen) atoms. The van der Waals surface area contributed by atoms with E-state index in [0.29, 0.717) is 18.4 Å². The molecule has 1 aromatic rings. The Morgan fingerprint density at radius 3 is 2.42 bits per heavy atom. The van der Waals surface area contributed by atoms with Crippen LogP contribution < -0.4 is 10.1 Å². The fraction of sp³-hybridized carbons (Fsp3) is 0.682. The highest BCUT2D eigenvalue weighted by Gasteiger charge is 2.28. The maximum Gasteiger partial charge on any atom is 0.223 e. The van der Waals surface area contributed by atoms with Crippen LogP contribution in [0, 0.1) is 17.8 Å². The summed E-state index contributed by atoms with van der Waals surface area (Å²) in [6.45, 7) is 14.3. The van der Waals surface area contributed by atoms with Crippen LogP contribution in [0.3, 0.4) is 0 Å². The van der Waals surface area contributed by atoms with Gasteiger partial charge in [-0.3, -0.25) is 9.69 Å². The quantitative estimate of drug-likeness (QED) is 0.759. The lowest BCUT2D eigenvalue weighted by Gasteiger charge is -2.33. The number of amides is 1. The second-order valence-corrected chi connectivity index (χ2v) is 8.15. The second-order valence-electron chi connectivity index (χ2n) is 8.15. The predicted molar refractivity (Wildman–Crippen MR) is 107 cm³/mol. The van der Waals surface area contributed by atoms with Gasteiger partial charge < -0.3 is 10.1 Å². The number of likely N-dealkylation sites (tertiary alicyclic amines) is 1. The van der Waals surface area contributed by atoms with Crippen molar-refractivity contribution in [3.8, 4) is 5.75 Å². The Kier molecular flexibility index (Phi) is 7.95. The van der Waals surface area contributed by atoms with Crippen molar-refractivity contribution in [2.45, 2.75) is 60.0 Å². The highest BCUT2D eigenvalue weighted by molar-refractivity contribution is 5.79. The number of nitrogens with one attached hydrogen (secondary N) is 1. The van der Waals surface area contributed by atoms with Gasteiger partial charge in [0, 0.05) is 18.5 Å². The molecule has 1 amide bonds. The lowest BCUT2D eigenvalue weighted by atomic mass is 9.90. The number of piperidine rings is 1. The zero-order valence-corrected chi connectivity index (χ0v) is 17.1. The molecule has 0 saturated carbocycles. The Morgan fingerprint density at radius 1 is 1.19 bits per heavy atom. The van der Waals surface area contributed by atoms with Gasteiger partial charge in [0.15, 0.2) is 0 Å². The Morgan fingerprint density at radius 2 is 1.85 bits per heavy atom. The van der Waals surface area contributed by atoms with E-state index in [1.807, 2.05) is 13.0 Å². The lowest BCUT2D eigenvalue weighted by Crippen LogP contribution is -2.47. The minimum absolute atomic E-state index is 0.154. The minimum atomic E-state index is 0.154. The number of rotatable bonds is 8. The van der Waals surface area contributed by atoms with Crippen molar-refractivity contribution < 1.29 is 9.53 Å². The van der Waals surface area contributed by atoms with E-state index in [4.69, 9.17) is 4.74 Å². The van der Waals surface area contributed by atoms with Crippen LogP contribution in [-0.4, -0.2) is 36.5 Å². The van der Waals surface area contributed by atoms with Gasteiger partial charge in [0.05, 0.1) is 6.61 Å². The van der Waals surface area contributed by atoms with E-state index in [0.717, 1.165) is 38.2 Å². The van der Waals surface area contributed by atoms with Crippen molar-refractivity contribution >= 4 is 5.91 Å². The fourth-order valence-electron chi connectivity index (χ4n) is 3.90. The standard InChI is InChI=1S/C22H36N2O2/c1-6-26-20-9-7-8-18(14-20)15-24-12-10-19(11-13-24)22(25)23-21(16(2)3)17(4)5/h7-9,14,16-17,19,21H,6,10-13,15H2,1-5H3,(H,23,25). The smallest absolute Gasteiger partial charge is 0.223 e. The van der Waals surface area contributed by atoms with Crippen LogP contribution in [0.4, 0.5) is 0 Å². The first-order valence-corrected chi connectivity index (χ1v) is 10.1. The van der Waals surface area contributed by atoms with Gasteiger partial charge in [0.2, 0.25) is 5.91 Å². The summed E-state index contributed by atoms with van der Waals surface area (Å²) in [5.74, 6) is 2.28. The molecule has 0 atom stereocenters. The van der Waals surface area contributed by atoms with Gasteiger partial charge in [0.1, 0.15) is 5.75 Å². The van der Waals surface area contributed by atoms with Gasteiger partial charge in [0.25, 0.3) is 0 Å². The first-order chi connectivity index (χ1) is 12.4. The number of hydrogen-bond donors (Lipinski definition) is 1. The largest absolute Gasteiger partial charge is 0.494 e. The van der Waals surface area contributed by atoms with Crippen molar-refractivity contribution in [3.05, 3.63) is 29.8 Å². The Balaban J connectivity index is 1.83. The van der Waals surface area contributed by atoms with Gasteiger partial charge in [-0.25, -0.2) is 0 Å². The Hall–Kier alpha value is -1.55. The summed E-state index contributed by atoms with van der Waals surface area (Å²) < 4.78 is 5.59. The predicted octanol–water partition coefficient (Wildman–Crippen LogP) is 4.09. The van der Waals surface area contributed by atoms with Gasteiger partial charge in [-0.2, -0.15) is 0 Å². The fourth-order valence-corrected chi connectivity index (χ4v) is 3.90. The Labute approximate surface area is 159 Å². The van der Waals surface area contributed by atoms with E-state index in [-0.39, 0.29) is 17.9 Å². The summed E-state index contributed by atoms with van der Waals surface area (Å²) in [7, 11) is 0. The molecule has 1 N–H and O–H groups in total. The van der Waals surface area contributed by atoms with E-state index in [1.165, 1.54) is 5.56 Å². The van der Waals surface area contributed by atoms with Crippen LogP contribution in [0.15, 0.2) is 24.3 Å². The molecule has 146 valence electrons. The van der Waals surface area contributed by atoms with Crippen molar-refractivity contribution in [2.75, 3.05) is 19.7 Å². The molecule has 4 nitrogen and oxygen atoms in total. The molecule has 1 aliphatic rings. The van der Waals surface area contributed by atoms with Crippen LogP contribution >= 0.6 is 0 Å². The molecule has 1 aliphatic heterocycles. The molecule has 1 saturated heterocycles. The van der Waals surface area contributed by atoms with Gasteiger partial charge in [-0.1, -0.05) is 39.8 Å². The molecule has 0 unspecified atom stereocenters. The highest BCUT2D eigenvalue weighted by Crippen LogP contribution is 2.22. The van der Waals surface area contributed by atoms with Gasteiger partial charge >= 0.3 is 0 Å². The molecular weight excluding hydrogens is 324 g/mol. The zero-order valence-electron chi connectivity index (χ0n) is 17.1. The number of hydrogen-bond acceptors (Lipinski definition) is 3. The molecule has 0 radical (unpaired) electrons. The molecular formula is C22H36N2O2. The van der Waals surface area contributed by atoms with E-state index in [9.17, 15) is 4.79 Å². The average Bonchev–Trinajstić information content (AvgIpc) is 2.60. The van der Waals surface area contributed by atoms with Crippen molar-refractivity contribution in [1.29, 1.82) is 0 Å². The van der Waals surface area contributed by atoms with Crippen LogP contribution in [0.2, 0.25) is 0 Å². The van der Waals surface area contributed by atoms with Crippen molar-refractivity contribution in [2.24, 2.45) is 17.8 Å². The van der Waals surface area contributed by atoms with Gasteiger partial charge in [-0.15, -0.1) is 0 Å². The van der Waals surface area contributed by atoms with Crippen LogP contribution in [0.1, 0.15) is 53.0 Å². The van der Waals surface area contributed by atoms with E-state index in [1.54, 1.807) is 0 Å². The SMILES string of the molecule is CCOc1cccc(CN2CCC(C(=O)NC(C(C)C)C(C)C)CC2)c1. The topological polar surface area (TPSA) is 41.6 Å². The minimum Gasteiger partial charge on any atom is -0.494 e. The number of benzene rings is 1. The summed E-state index contributed by atoms with van der Waals surface area (Å²) >= 11 is 0. The molecule has 0 aromatic heterocycles. The summed E-state index contributed by atoms with van der Waals surface area (Å²) in [5.41, 5.74) is 1.28. The average molecular weight is 361 g/mol. The monoisotopic (exact) mass is 360 g/mol. The number of ether oxygens (including phenoxy) is 1. The lowest BCUT2D eigenvalue weighted by molar-refractivity contribution is -0.127. The highest BCUT2D eigenvalue weighted by atomic mass is 16.5. The summed E-state index contributed by atoms with van der Waals surface area (Å²) in [4.78, 5) is 15.1. The first-order valence-electron chi connectivity index (χ1n) is 10.1. The van der Waals surface area contributed by atoms with Crippen LogP contribution in [0.5, 0.6) is 5.75 Å². The summed E-state index contributed by atoms with van der Waals surface area (Å²) in [5, 5.41) is 3.30. The second kappa shape index (κ2) is 9.96. The molecule has 0 aliphatic carbocycles. The number of carbonyl (C=O) groups is 1. The summed E-state index contributed by atoms with van der Waals surface area (Å²) in [6, 6.07) is 8.60. The molecule has 4 heteroatoms. The van der Waals surface area contributed by atoms with E-state index < -0.39 is 0 Å². The maximum absolute atomic E-state index is 12.7. The molecule has 0 spiro atoms. The maximum atomic E-state index is 12.7. The van der Waals surface area contributed by atoms with E-state index >= 15 is 0 Å². The molecule has 0 bridgehead atoms. The molecule has 1 heterocycles. The zero-order chi connectivity index (χ0) is 19.1. The normalized spacial score (nSPS) is 16.5. The molecule has 1 fully saturated rings. The van der Waals surface area contributed by atoms with E-state index in [2.05, 4.69) is 56.1 Å². The van der Waals surface area contributed by atoms with Crippen LogP contribution in [0.25, 0.3) is 0 Å². The third-order valence-corrected chi connectivity index (χ3v) is 5.32. The molecule has 1 aromatic carbocycles. The number of nitrogens with zero attached hydrogens (tertiary/aromatic N) is 1. The Bertz CT molecular complexity index is 555. The number of carbonyl (C=O) groups excluding carboxylic acids is 1. The summed E-state index contributed by atoms with van der Waals surface area (Å²) in [6.07, 6.45) is 1.89. The van der Waals surface area contributed by atoms with Gasteiger partial charge in [-0.05, 0) is 62.4 Å². The van der Waals surface area contributed by atoms with Crippen molar-refractivity contribution in [1.82, 2.24) is 10.2 Å². The van der Waals surface area contributed by atoms with Crippen molar-refractivity contribution in [3.63, 3.8) is 0 Å². The molecule has 2 rings (SSSR count). The first kappa shape index (κ1) is 20.8.